The van der Waals surface area contributed by atoms with E-state index in [1.165, 1.54) is 6.20 Å². The molecule has 1 radical (unpaired) electrons. The molecule has 1 heterocycles. The van der Waals surface area contributed by atoms with Crippen molar-refractivity contribution in [3.05, 3.63) is 22.2 Å². The van der Waals surface area contributed by atoms with E-state index in [-0.39, 0.29) is 29.6 Å². The van der Waals surface area contributed by atoms with Crippen LogP contribution in [0.1, 0.15) is 0 Å². The van der Waals surface area contributed by atoms with Gasteiger partial charge in [0, 0.05) is 35.8 Å². The number of nitrogens with one attached hydrogen (secondary N) is 1. The fourth-order valence-corrected chi connectivity index (χ4v) is 0.540. The topological polar surface area (TPSA) is 28.7 Å². The molecule has 43 valence electrons. The van der Waals surface area contributed by atoms with Gasteiger partial charge in [-0.2, -0.15) is 0 Å². The monoisotopic (exact) mass is 169 g/mol. The Labute approximate surface area is 84.9 Å². The number of hydrogen-bond donors (Lipinski definition) is 1. The summed E-state index contributed by atoms with van der Waals surface area (Å²) in [6.45, 7) is 0. The quantitative estimate of drug-likeness (QED) is 0.470. The minimum Gasteiger partial charge on any atom is -0.349 e. The van der Waals surface area contributed by atoms with Gasteiger partial charge in [-0.3, -0.25) is 0 Å². The molecule has 0 saturated heterocycles. The first-order valence-electron chi connectivity index (χ1n) is 1.99. The van der Waals surface area contributed by atoms with Gasteiger partial charge in [0.1, 0.15) is 9.79 Å². The first-order valence-corrected chi connectivity index (χ1v) is 2.78. The van der Waals surface area contributed by atoms with Gasteiger partial charge in [0.15, 0.2) is 0 Å². The third-order valence-electron chi connectivity index (χ3n) is 0.639. The number of aromatic amines is 1. The molecule has 0 aromatic carbocycles. The molecule has 1 rings (SSSR count). The van der Waals surface area contributed by atoms with Crippen LogP contribution in [-0.2, 0) is 0 Å². The van der Waals surface area contributed by atoms with Crippen molar-refractivity contribution in [2.75, 3.05) is 0 Å². The largest absolute Gasteiger partial charge is 0.349 e. The van der Waals surface area contributed by atoms with Crippen molar-refractivity contribution >= 4 is 53.4 Å². The van der Waals surface area contributed by atoms with Crippen LogP contribution in [0.4, 0.5) is 0 Å². The molecule has 2 nitrogen and oxygen atoms in total. The maximum Gasteiger partial charge on any atom is 0.145 e. The van der Waals surface area contributed by atoms with Gasteiger partial charge < -0.3 is 4.98 Å². The molecule has 0 aliphatic heterocycles. The van der Waals surface area contributed by atoms with E-state index in [1.807, 2.05) is 0 Å². The van der Waals surface area contributed by atoms with Crippen molar-refractivity contribution in [1.29, 1.82) is 0 Å². The molecule has 0 saturated carbocycles. The summed E-state index contributed by atoms with van der Waals surface area (Å²) >= 11 is 10.1. The number of aromatic nitrogens is 2. The van der Waals surface area contributed by atoms with Gasteiger partial charge in [0.25, 0.3) is 0 Å². The molecule has 0 unspecified atom stereocenters. The van der Waals surface area contributed by atoms with Gasteiger partial charge in [0.2, 0.25) is 0 Å². The molecule has 0 amide bonds. The normalized spacial score (nSPS) is 8.11. The minimum absolute atomic E-state index is 0. The zero-order valence-corrected chi connectivity index (χ0v) is 8.46. The van der Waals surface area contributed by atoms with E-state index in [9.17, 15) is 0 Å². The molecule has 1 aromatic rings. The van der Waals surface area contributed by atoms with Crippen LogP contribution in [0, 0.1) is 4.64 Å². The zero-order valence-electron chi connectivity index (χ0n) is 4.89. The van der Waals surface area contributed by atoms with Crippen molar-refractivity contribution in [3.8, 4) is 0 Å². The second-order valence-electron chi connectivity index (χ2n) is 1.23. The molecule has 1 N–H and O–H groups in total. The summed E-state index contributed by atoms with van der Waals surface area (Å²) in [5.74, 6) is 0. The Bertz CT molecular complexity index is 216. The molecule has 9 heavy (non-hydrogen) atoms. The summed E-state index contributed by atoms with van der Waals surface area (Å²) in [4.78, 5) is 6.43. The molecule has 0 fully saturated rings. The number of nitrogens with zero attached hydrogens (tertiary/aromatic N) is 1. The average Bonchev–Trinajstić information content (AvgIpc) is 1.77. The van der Waals surface area contributed by atoms with Crippen LogP contribution < -0.4 is 0 Å². The van der Waals surface area contributed by atoms with Gasteiger partial charge in [-0.05, 0) is 0 Å². The van der Waals surface area contributed by atoms with E-state index in [1.54, 1.807) is 6.20 Å². The van der Waals surface area contributed by atoms with Crippen LogP contribution in [0.3, 0.4) is 0 Å². The van der Waals surface area contributed by atoms with Gasteiger partial charge in [-0.25, -0.2) is 4.98 Å². The first-order chi connectivity index (χ1) is 3.79. The Hall–Kier alpha value is 0.590. The van der Waals surface area contributed by atoms with Crippen molar-refractivity contribution in [1.82, 2.24) is 9.97 Å². The molecule has 0 aliphatic carbocycles. The van der Waals surface area contributed by atoms with Gasteiger partial charge in [0.05, 0.1) is 6.20 Å². The number of rotatable bonds is 0. The van der Waals surface area contributed by atoms with Gasteiger partial charge in [-0.1, -0.05) is 23.8 Å². The number of H-pyrrole nitrogens is 1. The Morgan fingerprint density at radius 1 is 1.67 bits per heavy atom. The Morgan fingerprint density at radius 2 is 2.33 bits per heavy atom. The van der Waals surface area contributed by atoms with Crippen molar-refractivity contribution in [2.45, 2.75) is 0 Å². The summed E-state index contributed by atoms with van der Waals surface area (Å²) in [6.07, 6.45) is 3.04. The van der Waals surface area contributed by atoms with Crippen LogP contribution in [0.25, 0.3) is 0 Å². The molecular formula is C4H3ClN2NaS. The molecular weight excluding hydrogens is 167 g/mol. The predicted octanol–water partition coefficient (Wildman–Crippen LogP) is 1.41. The maximum absolute atomic E-state index is 5.42. The summed E-state index contributed by atoms with van der Waals surface area (Å²) < 4.78 is 0.592. The molecule has 1 aromatic heterocycles. The van der Waals surface area contributed by atoms with Gasteiger partial charge >= 0.3 is 0 Å². The van der Waals surface area contributed by atoms with Crippen molar-refractivity contribution in [3.63, 3.8) is 0 Å². The van der Waals surface area contributed by atoms with Gasteiger partial charge in [-0.15, -0.1) is 0 Å². The first kappa shape index (κ1) is 9.59. The van der Waals surface area contributed by atoms with Crippen LogP contribution in [-0.4, -0.2) is 39.5 Å². The number of hydrogen-bond acceptors (Lipinski definition) is 2. The number of halogens is 1. The third-order valence-corrected chi connectivity index (χ3v) is 1.07. The summed E-state index contributed by atoms with van der Waals surface area (Å²) in [6, 6.07) is 0. The Morgan fingerprint density at radius 3 is 2.67 bits per heavy atom. The van der Waals surface area contributed by atoms with E-state index in [2.05, 4.69) is 9.97 Å². The van der Waals surface area contributed by atoms with E-state index < -0.39 is 0 Å². The summed E-state index contributed by atoms with van der Waals surface area (Å²) in [7, 11) is 0. The molecule has 5 heteroatoms. The zero-order chi connectivity index (χ0) is 5.98. The smallest absolute Gasteiger partial charge is 0.145 e. The van der Waals surface area contributed by atoms with Crippen LogP contribution in [0.5, 0.6) is 0 Å². The maximum atomic E-state index is 5.42. The minimum atomic E-state index is 0. The van der Waals surface area contributed by atoms with E-state index in [0.717, 1.165) is 0 Å². The van der Waals surface area contributed by atoms with Crippen molar-refractivity contribution < 1.29 is 0 Å². The standard InChI is InChI=1S/C4H3ClN2S.Na/c5-3-1-7-4(8)2-6-3;/h1-2H,(H,7,8);. The van der Waals surface area contributed by atoms with Crippen LogP contribution in [0.15, 0.2) is 12.4 Å². The average molecular weight is 170 g/mol. The predicted molar refractivity (Wildman–Crippen MR) is 40.2 cm³/mol. The SMILES string of the molecule is S=c1cnc(Cl)c[nH]1.[Na]. The Kier molecular flexibility index (Phi) is 4.70. The molecule has 0 bridgehead atoms. The molecule has 0 spiro atoms. The van der Waals surface area contributed by atoms with E-state index in [4.69, 9.17) is 23.8 Å². The molecule has 0 atom stereocenters. The Balaban J connectivity index is 0.000000640. The second-order valence-corrected chi connectivity index (χ2v) is 2.06. The summed E-state index contributed by atoms with van der Waals surface area (Å²) in [5.41, 5.74) is 0. The fourth-order valence-electron chi connectivity index (χ4n) is 0.326. The van der Waals surface area contributed by atoms with Crippen LogP contribution >= 0.6 is 23.8 Å². The molecule has 0 aliphatic rings. The van der Waals surface area contributed by atoms with Crippen LogP contribution in [0.2, 0.25) is 5.15 Å². The fraction of sp³-hybridized carbons (Fsp3) is 0. The van der Waals surface area contributed by atoms with E-state index in [0.29, 0.717) is 9.79 Å². The third kappa shape index (κ3) is 3.33. The van der Waals surface area contributed by atoms with Crippen molar-refractivity contribution in [2.24, 2.45) is 0 Å². The van der Waals surface area contributed by atoms with E-state index >= 15 is 0 Å². The second kappa shape index (κ2) is 4.41. The summed E-state index contributed by atoms with van der Waals surface area (Å²) in [5, 5.41) is 0.429.